The van der Waals surface area contributed by atoms with Crippen molar-refractivity contribution < 1.29 is 13.2 Å². The van der Waals surface area contributed by atoms with Crippen molar-refractivity contribution >= 4 is 16.1 Å². The Morgan fingerprint density at radius 3 is 2.45 bits per heavy atom. The third kappa shape index (κ3) is 2.88. The van der Waals surface area contributed by atoms with E-state index in [9.17, 15) is 13.2 Å². The van der Waals surface area contributed by atoms with Crippen molar-refractivity contribution in [3.05, 3.63) is 17.5 Å². The Labute approximate surface area is 130 Å². The summed E-state index contributed by atoms with van der Waals surface area (Å²) in [6.45, 7) is 1.40. The van der Waals surface area contributed by atoms with Crippen molar-refractivity contribution in [2.24, 2.45) is 0 Å². The topological polar surface area (TPSA) is 89.6 Å². The van der Waals surface area contributed by atoms with Gasteiger partial charge >= 0.3 is 0 Å². The van der Waals surface area contributed by atoms with Gasteiger partial charge in [-0.3, -0.25) is 9.89 Å². The Balaban J connectivity index is 1.62. The molecule has 2 fully saturated rings. The van der Waals surface area contributed by atoms with Crippen molar-refractivity contribution in [1.29, 1.82) is 0 Å². The molecule has 1 aromatic heterocycles. The standard InChI is InChI=1S/C13H21N5O3S/c1-16(2)22(20,21)18-7-5-17(6-8-18)13(19)12-9-11(14-15-12)10-3-4-10/h9-10H,3-8H2,1-2H3,(H,14,15). The molecular weight excluding hydrogens is 306 g/mol. The molecule has 1 aliphatic heterocycles. The highest BCUT2D eigenvalue weighted by Gasteiger charge is 2.32. The van der Waals surface area contributed by atoms with E-state index >= 15 is 0 Å². The van der Waals surface area contributed by atoms with Crippen LogP contribution >= 0.6 is 0 Å². The van der Waals surface area contributed by atoms with Gasteiger partial charge in [-0.05, 0) is 18.9 Å². The van der Waals surface area contributed by atoms with E-state index in [1.165, 1.54) is 22.7 Å². The SMILES string of the molecule is CN(C)S(=O)(=O)N1CCN(C(=O)c2cc(C3CC3)[nH]n2)CC1. The molecule has 1 amide bonds. The van der Waals surface area contributed by atoms with E-state index in [1.54, 1.807) is 4.90 Å². The normalized spacial score (nSPS) is 20.6. The molecule has 2 aliphatic rings. The molecule has 22 heavy (non-hydrogen) atoms. The molecule has 9 heteroatoms. The number of hydrogen-bond acceptors (Lipinski definition) is 4. The van der Waals surface area contributed by atoms with E-state index in [4.69, 9.17) is 0 Å². The van der Waals surface area contributed by atoms with Crippen LogP contribution in [0, 0.1) is 0 Å². The van der Waals surface area contributed by atoms with Crippen LogP contribution in [0.2, 0.25) is 0 Å². The number of aromatic amines is 1. The molecule has 122 valence electrons. The first-order chi connectivity index (χ1) is 10.4. The van der Waals surface area contributed by atoms with Crippen molar-refractivity contribution in [2.45, 2.75) is 18.8 Å². The summed E-state index contributed by atoms with van der Waals surface area (Å²) >= 11 is 0. The van der Waals surface area contributed by atoms with Gasteiger partial charge in [-0.15, -0.1) is 0 Å². The van der Waals surface area contributed by atoms with Crippen LogP contribution in [0.4, 0.5) is 0 Å². The Morgan fingerprint density at radius 1 is 1.27 bits per heavy atom. The van der Waals surface area contributed by atoms with Gasteiger partial charge in [-0.25, -0.2) is 0 Å². The maximum Gasteiger partial charge on any atom is 0.281 e. The van der Waals surface area contributed by atoms with Crippen LogP contribution in [0.1, 0.15) is 34.9 Å². The molecule has 1 saturated heterocycles. The van der Waals surface area contributed by atoms with Crippen LogP contribution in [-0.2, 0) is 10.2 Å². The monoisotopic (exact) mass is 327 g/mol. The van der Waals surface area contributed by atoms with Gasteiger partial charge < -0.3 is 4.90 Å². The van der Waals surface area contributed by atoms with Gasteiger partial charge in [0.1, 0.15) is 5.69 Å². The minimum atomic E-state index is -3.41. The lowest BCUT2D eigenvalue weighted by Crippen LogP contribution is -2.53. The van der Waals surface area contributed by atoms with Gasteiger partial charge in [0.05, 0.1) is 0 Å². The maximum absolute atomic E-state index is 12.4. The number of aromatic nitrogens is 2. The highest BCUT2D eigenvalue weighted by atomic mass is 32.2. The lowest BCUT2D eigenvalue weighted by atomic mass is 10.2. The molecule has 3 rings (SSSR count). The third-order valence-corrected chi connectivity index (χ3v) is 6.09. The minimum absolute atomic E-state index is 0.134. The molecule has 1 aromatic rings. The average molecular weight is 327 g/mol. The second-order valence-electron chi connectivity index (χ2n) is 5.96. The Kier molecular flexibility index (Phi) is 3.96. The predicted octanol–water partition coefficient (Wildman–Crippen LogP) is -0.149. The fourth-order valence-electron chi connectivity index (χ4n) is 2.56. The molecule has 0 unspecified atom stereocenters. The molecule has 2 heterocycles. The highest BCUT2D eigenvalue weighted by Crippen LogP contribution is 2.39. The highest BCUT2D eigenvalue weighted by molar-refractivity contribution is 7.86. The summed E-state index contributed by atoms with van der Waals surface area (Å²) in [4.78, 5) is 14.1. The molecule has 1 N–H and O–H groups in total. The number of H-pyrrole nitrogens is 1. The van der Waals surface area contributed by atoms with Crippen LogP contribution < -0.4 is 0 Å². The Bertz CT molecular complexity index is 657. The number of piperazine rings is 1. The van der Waals surface area contributed by atoms with Crippen molar-refractivity contribution in [3.8, 4) is 0 Å². The first-order valence-corrected chi connectivity index (χ1v) is 8.81. The number of rotatable bonds is 4. The molecule has 0 aromatic carbocycles. The zero-order chi connectivity index (χ0) is 15.9. The van der Waals surface area contributed by atoms with Crippen LogP contribution in [0.3, 0.4) is 0 Å². The van der Waals surface area contributed by atoms with Crippen molar-refractivity contribution in [3.63, 3.8) is 0 Å². The summed E-state index contributed by atoms with van der Waals surface area (Å²) in [5.41, 5.74) is 1.45. The first kappa shape index (κ1) is 15.4. The average Bonchev–Trinajstić information content (AvgIpc) is 3.24. The smallest absolute Gasteiger partial charge is 0.281 e. The van der Waals surface area contributed by atoms with E-state index in [0.717, 1.165) is 18.5 Å². The van der Waals surface area contributed by atoms with Crippen LogP contribution in [0.5, 0.6) is 0 Å². The number of nitrogens with zero attached hydrogens (tertiary/aromatic N) is 4. The van der Waals surface area contributed by atoms with Crippen LogP contribution in [0.25, 0.3) is 0 Å². The molecular formula is C13H21N5O3S. The Hall–Kier alpha value is -1.45. The number of amides is 1. The zero-order valence-electron chi connectivity index (χ0n) is 12.8. The van der Waals surface area contributed by atoms with Gasteiger partial charge in [0.25, 0.3) is 16.1 Å². The van der Waals surface area contributed by atoms with E-state index < -0.39 is 10.2 Å². The van der Waals surface area contributed by atoms with Gasteiger partial charge in [-0.2, -0.15) is 22.1 Å². The predicted molar refractivity (Wildman–Crippen MR) is 80.6 cm³/mol. The van der Waals surface area contributed by atoms with E-state index in [0.29, 0.717) is 37.8 Å². The van der Waals surface area contributed by atoms with Crippen LogP contribution in [0.15, 0.2) is 6.07 Å². The number of carbonyl (C=O) groups excluding carboxylic acids is 1. The van der Waals surface area contributed by atoms with Crippen LogP contribution in [-0.4, -0.2) is 78.3 Å². The van der Waals surface area contributed by atoms with Gasteiger partial charge in [-0.1, -0.05) is 0 Å². The summed E-state index contributed by atoms with van der Waals surface area (Å²) in [7, 11) is -0.386. The Morgan fingerprint density at radius 2 is 1.91 bits per heavy atom. The molecule has 0 atom stereocenters. The molecule has 0 bridgehead atoms. The first-order valence-electron chi connectivity index (χ1n) is 7.42. The summed E-state index contributed by atoms with van der Waals surface area (Å²) < 4.78 is 26.7. The number of nitrogens with one attached hydrogen (secondary N) is 1. The zero-order valence-corrected chi connectivity index (χ0v) is 13.6. The fraction of sp³-hybridized carbons (Fsp3) is 0.692. The van der Waals surface area contributed by atoms with Crippen molar-refractivity contribution in [1.82, 2.24) is 23.7 Å². The van der Waals surface area contributed by atoms with E-state index in [2.05, 4.69) is 10.2 Å². The molecule has 1 aliphatic carbocycles. The minimum Gasteiger partial charge on any atom is -0.335 e. The van der Waals surface area contributed by atoms with Gasteiger partial charge in [0, 0.05) is 51.9 Å². The lowest BCUT2D eigenvalue weighted by Gasteiger charge is -2.34. The van der Waals surface area contributed by atoms with Gasteiger partial charge in [0.15, 0.2) is 0 Å². The summed E-state index contributed by atoms with van der Waals surface area (Å²) in [5, 5.41) is 7.02. The summed E-state index contributed by atoms with van der Waals surface area (Å²) in [5.74, 6) is 0.390. The lowest BCUT2D eigenvalue weighted by molar-refractivity contribution is 0.0689. The number of hydrogen-bond donors (Lipinski definition) is 1. The molecule has 1 saturated carbocycles. The molecule has 0 radical (unpaired) electrons. The van der Waals surface area contributed by atoms with E-state index in [-0.39, 0.29) is 5.91 Å². The quantitative estimate of drug-likeness (QED) is 0.833. The van der Waals surface area contributed by atoms with Crippen molar-refractivity contribution in [2.75, 3.05) is 40.3 Å². The molecule has 8 nitrogen and oxygen atoms in total. The maximum atomic E-state index is 12.4. The third-order valence-electron chi connectivity index (χ3n) is 4.15. The second kappa shape index (κ2) is 5.64. The van der Waals surface area contributed by atoms with Gasteiger partial charge in [0.2, 0.25) is 0 Å². The summed E-state index contributed by atoms with van der Waals surface area (Å²) in [6, 6.07) is 1.82. The number of carbonyl (C=O) groups is 1. The van der Waals surface area contributed by atoms with E-state index in [1.807, 2.05) is 6.07 Å². The summed E-state index contributed by atoms with van der Waals surface area (Å²) in [6.07, 6.45) is 2.30. The largest absolute Gasteiger partial charge is 0.335 e. The second-order valence-corrected chi connectivity index (χ2v) is 8.11. The molecule has 0 spiro atoms. The fourth-order valence-corrected chi connectivity index (χ4v) is 3.65.